The number of methoxy groups -OCH3 is 1. The van der Waals surface area contributed by atoms with Gasteiger partial charge in [0.15, 0.2) is 5.69 Å². The van der Waals surface area contributed by atoms with Crippen molar-refractivity contribution in [2.75, 3.05) is 25.1 Å². The molecule has 92 valence electrons. The highest BCUT2D eigenvalue weighted by Crippen LogP contribution is 2.21. The van der Waals surface area contributed by atoms with E-state index < -0.39 is 5.97 Å². The fourth-order valence-corrected chi connectivity index (χ4v) is 2.13. The molecular formula is C12H17N3O2. The number of ether oxygens (including phenoxy) is 1. The van der Waals surface area contributed by atoms with Crippen LogP contribution in [0.1, 0.15) is 30.3 Å². The normalized spacial score (nSPS) is 20.1. The van der Waals surface area contributed by atoms with E-state index in [1.54, 1.807) is 6.07 Å². The van der Waals surface area contributed by atoms with Gasteiger partial charge in [-0.3, -0.25) is 0 Å². The number of piperidine rings is 1. The van der Waals surface area contributed by atoms with Gasteiger partial charge in [-0.05, 0) is 18.8 Å². The third-order valence-electron chi connectivity index (χ3n) is 3.03. The van der Waals surface area contributed by atoms with E-state index >= 15 is 0 Å². The molecule has 0 N–H and O–H groups in total. The highest BCUT2D eigenvalue weighted by atomic mass is 16.5. The molecule has 1 saturated heterocycles. The Morgan fingerprint density at radius 1 is 1.53 bits per heavy atom. The number of nitrogens with zero attached hydrogens (tertiary/aromatic N) is 3. The van der Waals surface area contributed by atoms with E-state index in [0.717, 1.165) is 18.9 Å². The Morgan fingerprint density at radius 3 is 3.06 bits per heavy atom. The fraction of sp³-hybridized carbons (Fsp3) is 0.583. The molecule has 5 heteroatoms. The first kappa shape index (κ1) is 11.8. The third-order valence-corrected chi connectivity index (χ3v) is 3.03. The molecule has 1 aliphatic rings. The Labute approximate surface area is 101 Å². The van der Waals surface area contributed by atoms with Gasteiger partial charge in [0.25, 0.3) is 0 Å². The summed E-state index contributed by atoms with van der Waals surface area (Å²) in [6.07, 6.45) is 3.84. The van der Waals surface area contributed by atoms with Gasteiger partial charge in [0.2, 0.25) is 0 Å². The second kappa shape index (κ2) is 5.12. The van der Waals surface area contributed by atoms with Crippen LogP contribution in [-0.2, 0) is 4.74 Å². The molecule has 1 fully saturated rings. The fourth-order valence-electron chi connectivity index (χ4n) is 2.13. The highest BCUT2D eigenvalue weighted by Gasteiger charge is 2.19. The van der Waals surface area contributed by atoms with Crippen molar-refractivity contribution in [1.29, 1.82) is 0 Å². The first-order chi connectivity index (χ1) is 8.20. The molecule has 0 saturated carbocycles. The van der Waals surface area contributed by atoms with Gasteiger partial charge < -0.3 is 9.64 Å². The SMILES string of the molecule is COC(=O)c1cc(N2CCC[C@@H](C)C2)ncn1. The van der Waals surface area contributed by atoms with Crippen molar-refractivity contribution in [1.82, 2.24) is 9.97 Å². The van der Waals surface area contributed by atoms with Crippen LogP contribution < -0.4 is 4.90 Å². The zero-order valence-electron chi connectivity index (χ0n) is 10.2. The Morgan fingerprint density at radius 2 is 2.35 bits per heavy atom. The van der Waals surface area contributed by atoms with Crippen LogP contribution in [0.25, 0.3) is 0 Å². The Hall–Kier alpha value is -1.65. The van der Waals surface area contributed by atoms with E-state index in [-0.39, 0.29) is 0 Å². The van der Waals surface area contributed by atoms with Crippen molar-refractivity contribution in [2.45, 2.75) is 19.8 Å². The summed E-state index contributed by atoms with van der Waals surface area (Å²) < 4.78 is 4.65. The molecule has 0 amide bonds. The average Bonchev–Trinajstić information content (AvgIpc) is 2.38. The molecule has 1 aliphatic heterocycles. The minimum atomic E-state index is -0.418. The zero-order chi connectivity index (χ0) is 12.3. The summed E-state index contributed by atoms with van der Waals surface area (Å²) in [7, 11) is 1.35. The Kier molecular flexibility index (Phi) is 3.56. The molecule has 0 spiro atoms. The molecule has 0 aliphatic carbocycles. The molecule has 1 aromatic rings. The van der Waals surface area contributed by atoms with Crippen molar-refractivity contribution in [2.24, 2.45) is 5.92 Å². The van der Waals surface area contributed by atoms with Crippen molar-refractivity contribution in [3.05, 3.63) is 18.1 Å². The predicted molar refractivity (Wildman–Crippen MR) is 64.0 cm³/mol. The summed E-state index contributed by atoms with van der Waals surface area (Å²) in [5.74, 6) is 1.06. The first-order valence-electron chi connectivity index (χ1n) is 5.86. The molecule has 0 aromatic carbocycles. The van der Waals surface area contributed by atoms with Crippen LogP contribution in [0.3, 0.4) is 0 Å². The van der Waals surface area contributed by atoms with Crippen LogP contribution in [0.5, 0.6) is 0 Å². The van der Waals surface area contributed by atoms with E-state index in [9.17, 15) is 4.79 Å². The van der Waals surface area contributed by atoms with Crippen LogP contribution in [0.4, 0.5) is 5.82 Å². The van der Waals surface area contributed by atoms with Crippen LogP contribution in [-0.4, -0.2) is 36.1 Å². The summed E-state index contributed by atoms with van der Waals surface area (Å²) in [6, 6.07) is 1.70. The summed E-state index contributed by atoms with van der Waals surface area (Å²) in [6.45, 7) is 4.20. The van der Waals surface area contributed by atoms with Gasteiger partial charge in [-0.2, -0.15) is 0 Å². The van der Waals surface area contributed by atoms with E-state index in [4.69, 9.17) is 0 Å². The Balaban J connectivity index is 2.17. The lowest BCUT2D eigenvalue weighted by atomic mass is 10.0. The quantitative estimate of drug-likeness (QED) is 0.727. The molecule has 1 aromatic heterocycles. The maximum Gasteiger partial charge on any atom is 0.356 e. The van der Waals surface area contributed by atoms with Crippen LogP contribution >= 0.6 is 0 Å². The smallest absolute Gasteiger partial charge is 0.356 e. The number of hydrogen-bond donors (Lipinski definition) is 0. The monoisotopic (exact) mass is 235 g/mol. The zero-order valence-corrected chi connectivity index (χ0v) is 10.2. The average molecular weight is 235 g/mol. The largest absolute Gasteiger partial charge is 0.464 e. The molecule has 0 unspecified atom stereocenters. The number of rotatable bonds is 2. The van der Waals surface area contributed by atoms with E-state index in [1.807, 2.05) is 0 Å². The molecular weight excluding hydrogens is 218 g/mol. The molecule has 0 bridgehead atoms. The minimum Gasteiger partial charge on any atom is -0.464 e. The number of aromatic nitrogens is 2. The van der Waals surface area contributed by atoms with Crippen molar-refractivity contribution < 1.29 is 9.53 Å². The van der Waals surface area contributed by atoms with Gasteiger partial charge in [0, 0.05) is 19.2 Å². The standard InChI is InChI=1S/C12H17N3O2/c1-9-4-3-5-15(7-9)11-6-10(12(16)17-2)13-8-14-11/h6,8-9H,3-5,7H2,1-2H3/t9-/m1/s1. The number of carbonyl (C=O) groups is 1. The summed E-state index contributed by atoms with van der Waals surface area (Å²) in [4.78, 5) is 21.7. The van der Waals surface area contributed by atoms with E-state index in [2.05, 4.69) is 26.5 Å². The third kappa shape index (κ3) is 2.72. The van der Waals surface area contributed by atoms with Crippen LogP contribution in [0, 0.1) is 5.92 Å². The van der Waals surface area contributed by atoms with Crippen molar-refractivity contribution >= 4 is 11.8 Å². The predicted octanol–water partition coefficient (Wildman–Crippen LogP) is 1.50. The molecule has 5 nitrogen and oxygen atoms in total. The van der Waals surface area contributed by atoms with Crippen molar-refractivity contribution in [3.63, 3.8) is 0 Å². The van der Waals surface area contributed by atoms with Crippen LogP contribution in [0.2, 0.25) is 0 Å². The second-order valence-electron chi connectivity index (χ2n) is 4.45. The number of esters is 1. The van der Waals surface area contributed by atoms with Gasteiger partial charge >= 0.3 is 5.97 Å². The lowest BCUT2D eigenvalue weighted by molar-refractivity contribution is 0.0594. The maximum absolute atomic E-state index is 11.4. The van der Waals surface area contributed by atoms with Gasteiger partial charge in [0.1, 0.15) is 12.1 Å². The Bertz CT molecular complexity index is 408. The first-order valence-corrected chi connectivity index (χ1v) is 5.86. The number of hydrogen-bond acceptors (Lipinski definition) is 5. The molecule has 2 rings (SSSR count). The van der Waals surface area contributed by atoms with Gasteiger partial charge in [0.05, 0.1) is 7.11 Å². The van der Waals surface area contributed by atoms with Gasteiger partial charge in [-0.1, -0.05) is 6.92 Å². The van der Waals surface area contributed by atoms with Crippen LogP contribution in [0.15, 0.2) is 12.4 Å². The number of anilines is 1. The van der Waals surface area contributed by atoms with E-state index in [0.29, 0.717) is 11.6 Å². The lowest BCUT2D eigenvalue weighted by Crippen LogP contribution is -2.35. The molecule has 17 heavy (non-hydrogen) atoms. The summed E-state index contributed by atoms with van der Waals surface area (Å²) >= 11 is 0. The second-order valence-corrected chi connectivity index (χ2v) is 4.45. The van der Waals surface area contributed by atoms with E-state index in [1.165, 1.54) is 26.3 Å². The van der Waals surface area contributed by atoms with Crippen molar-refractivity contribution in [3.8, 4) is 0 Å². The number of carbonyl (C=O) groups excluding carboxylic acids is 1. The topological polar surface area (TPSA) is 55.3 Å². The molecule has 1 atom stereocenters. The minimum absolute atomic E-state index is 0.315. The molecule has 0 radical (unpaired) electrons. The summed E-state index contributed by atoms with van der Waals surface area (Å²) in [5, 5.41) is 0. The molecule has 2 heterocycles. The lowest BCUT2D eigenvalue weighted by Gasteiger charge is -2.31. The van der Waals surface area contributed by atoms with Gasteiger partial charge in [-0.25, -0.2) is 14.8 Å². The van der Waals surface area contributed by atoms with Gasteiger partial charge in [-0.15, -0.1) is 0 Å². The summed E-state index contributed by atoms with van der Waals surface area (Å²) in [5.41, 5.74) is 0.315. The highest BCUT2D eigenvalue weighted by molar-refractivity contribution is 5.87. The maximum atomic E-state index is 11.4.